The van der Waals surface area contributed by atoms with Crippen molar-refractivity contribution < 1.29 is 13.5 Å². The Morgan fingerprint density at radius 3 is 2.67 bits per heavy atom. The predicted octanol–water partition coefficient (Wildman–Crippen LogP) is 2.66. The van der Waals surface area contributed by atoms with Crippen LogP contribution in [-0.2, 0) is 10.8 Å². The second-order valence-electron chi connectivity index (χ2n) is 6.40. The standard InChI is InChI=1S/C17H19N3O3S/c1-24(22)13-8-6-12(7-9-13)17(21)20-10-2-3-14(20)15-18-16(23-19-15)11-4-5-11/h6-9,11,14H,2-5,10H2,1H3/t14-,24-/m0/s1. The summed E-state index contributed by atoms with van der Waals surface area (Å²) in [6, 6.07) is 6.84. The topological polar surface area (TPSA) is 76.3 Å². The normalized spacial score (nSPS) is 21.9. The fourth-order valence-corrected chi connectivity index (χ4v) is 3.63. The molecule has 24 heavy (non-hydrogen) atoms. The van der Waals surface area contributed by atoms with Crippen LogP contribution in [0.1, 0.15) is 59.7 Å². The Bertz CT molecular complexity index is 783. The third-order valence-corrected chi connectivity index (χ3v) is 5.56. The van der Waals surface area contributed by atoms with E-state index in [1.807, 2.05) is 4.90 Å². The van der Waals surface area contributed by atoms with Gasteiger partial charge >= 0.3 is 0 Å². The minimum atomic E-state index is -1.04. The van der Waals surface area contributed by atoms with E-state index in [-0.39, 0.29) is 11.9 Å². The van der Waals surface area contributed by atoms with Gasteiger partial charge in [-0.1, -0.05) is 5.16 Å². The Hall–Kier alpha value is -2.02. The van der Waals surface area contributed by atoms with Crippen LogP contribution in [0.15, 0.2) is 33.7 Å². The maximum absolute atomic E-state index is 12.8. The van der Waals surface area contributed by atoms with Crippen molar-refractivity contribution in [2.45, 2.75) is 42.5 Å². The van der Waals surface area contributed by atoms with Crippen molar-refractivity contribution in [1.29, 1.82) is 0 Å². The molecule has 4 rings (SSSR count). The second kappa shape index (κ2) is 6.12. The summed E-state index contributed by atoms with van der Waals surface area (Å²) in [6.07, 6.45) is 5.63. The fraction of sp³-hybridized carbons (Fsp3) is 0.471. The molecule has 6 nitrogen and oxygen atoms in total. The van der Waals surface area contributed by atoms with E-state index in [1.165, 1.54) is 0 Å². The van der Waals surface area contributed by atoms with Gasteiger partial charge in [-0.3, -0.25) is 9.00 Å². The smallest absolute Gasteiger partial charge is 0.254 e. The van der Waals surface area contributed by atoms with Crippen molar-refractivity contribution in [1.82, 2.24) is 15.0 Å². The number of carbonyl (C=O) groups is 1. The van der Waals surface area contributed by atoms with Gasteiger partial charge in [0.25, 0.3) is 5.91 Å². The molecular formula is C17H19N3O3S. The van der Waals surface area contributed by atoms with Gasteiger partial charge in [-0.25, -0.2) is 0 Å². The Labute approximate surface area is 142 Å². The van der Waals surface area contributed by atoms with Crippen LogP contribution >= 0.6 is 0 Å². The number of hydrogen-bond acceptors (Lipinski definition) is 5. The molecule has 2 atom stereocenters. The number of likely N-dealkylation sites (tertiary alicyclic amines) is 1. The molecule has 0 spiro atoms. The Morgan fingerprint density at radius 1 is 1.25 bits per heavy atom. The Balaban J connectivity index is 1.54. The maximum atomic E-state index is 12.8. The lowest BCUT2D eigenvalue weighted by Gasteiger charge is -2.22. The first-order valence-electron chi connectivity index (χ1n) is 8.21. The van der Waals surface area contributed by atoms with Crippen molar-refractivity contribution in [2.24, 2.45) is 0 Å². The second-order valence-corrected chi connectivity index (χ2v) is 7.78. The molecule has 0 radical (unpaired) electrons. The van der Waals surface area contributed by atoms with Gasteiger partial charge < -0.3 is 9.42 Å². The summed E-state index contributed by atoms with van der Waals surface area (Å²) in [5, 5.41) is 4.10. The van der Waals surface area contributed by atoms with Gasteiger partial charge in [0.2, 0.25) is 5.89 Å². The van der Waals surface area contributed by atoms with E-state index in [0.717, 1.165) is 30.6 Å². The van der Waals surface area contributed by atoms with Crippen molar-refractivity contribution in [3.63, 3.8) is 0 Å². The highest BCUT2D eigenvalue weighted by molar-refractivity contribution is 7.84. The lowest BCUT2D eigenvalue weighted by molar-refractivity contribution is 0.0728. The van der Waals surface area contributed by atoms with E-state index in [4.69, 9.17) is 4.52 Å². The summed E-state index contributed by atoms with van der Waals surface area (Å²) in [5.74, 6) is 1.70. The average molecular weight is 345 g/mol. The van der Waals surface area contributed by atoms with Crippen LogP contribution in [0.25, 0.3) is 0 Å². The monoisotopic (exact) mass is 345 g/mol. The number of aromatic nitrogens is 2. The van der Waals surface area contributed by atoms with Crippen LogP contribution in [0.2, 0.25) is 0 Å². The molecule has 1 aromatic heterocycles. The molecule has 126 valence electrons. The molecular weight excluding hydrogens is 326 g/mol. The van der Waals surface area contributed by atoms with Crippen LogP contribution in [-0.4, -0.2) is 38.0 Å². The van der Waals surface area contributed by atoms with Crippen LogP contribution in [0, 0.1) is 0 Å². The predicted molar refractivity (Wildman–Crippen MR) is 88.1 cm³/mol. The first kappa shape index (κ1) is 15.5. The van der Waals surface area contributed by atoms with E-state index in [9.17, 15) is 9.00 Å². The summed E-state index contributed by atoms with van der Waals surface area (Å²) in [6.45, 7) is 0.693. The van der Waals surface area contributed by atoms with Crippen LogP contribution in [0.3, 0.4) is 0 Å². The van der Waals surface area contributed by atoms with Crippen molar-refractivity contribution >= 4 is 16.7 Å². The molecule has 1 aliphatic heterocycles. The molecule has 0 bridgehead atoms. The molecule has 2 aliphatic rings. The van der Waals surface area contributed by atoms with Gasteiger partial charge in [-0.05, 0) is 49.9 Å². The summed E-state index contributed by atoms with van der Waals surface area (Å²) >= 11 is 0. The van der Waals surface area contributed by atoms with E-state index in [0.29, 0.717) is 29.7 Å². The van der Waals surface area contributed by atoms with Gasteiger partial charge in [0.15, 0.2) is 5.82 Å². The number of amides is 1. The quantitative estimate of drug-likeness (QED) is 0.851. The lowest BCUT2D eigenvalue weighted by atomic mass is 10.1. The van der Waals surface area contributed by atoms with Crippen molar-refractivity contribution in [3.8, 4) is 0 Å². The zero-order valence-corrected chi connectivity index (χ0v) is 14.3. The average Bonchev–Trinajstić information content (AvgIpc) is 3.12. The largest absolute Gasteiger partial charge is 0.339 e. The fourth-order valence-electron chi connectivity index (χ4n) is 3.11. The minimum absolute atomic E-state index is 0.0382. The highest BCUT2D eigenvalue weighted by Crippen LogP contribution is 2.40. The lowest BCUT2D eigenvalue weighted by Crippen LogP contribution is -2.31. The van der Waals surface area contributed by atoms with Crippen LogP contribution in [0.4, 0.5) is 0 Å². The van der Waals surface area contributed by atoms with Gasteiger partial charge in [0.1, 0.15) is 0 Å². The molecule has 1 aliphatic carbocycles. The highest BCUT2D eigenvalue weighted by Gasteiger charge is 2.36. The maximum Gasteiger partial charge on any atom is 0.254 e. The van der Waals surface area contributed by atoms with Crippen LogP contribution in [0.5, 0.6) is 0 Å². The summed E-state index contributed by atoms with van der Waals surface area (Å²) < 4.78 is 16.8. The zero-order valence-electron chi connectivity index (χ0n) is 13.5. The first-order chi connectivity index (χ1) is 11.6. The van der Waals surface area contributed by atoms with Gasteiger partial charge in [0.05, 0.1) is 6.04 Å². The minimum Gasteiger partial charge on any atom is -0.339 e. The van der Waals surface area contributed by atoms with Gasteiger partial charge in [-0.15, -0.1) is 0 Å². The summed E-state index contributed by atoms with van der Waals surface area (Å²) in [5.41, 5.74) is 0.599. The first-order valence-corrected chi connectivity index (χ1v) is 9.77. The highest BCUT2D eigenvalue weighted by atomic mass is 32.2. The molecule has 1 saturated heterocycles. The van der Waals surface area contributed by atoms with Gasteiger partial charge in [-0.2, -0.15) is 4.98 Å². The number of nitrogens with zero attached hydrogens (tertiary/aromatic N) is 3. The summed E-state index contributed by atoms with van der Waals surface area (Å²) in [4.78, 5) is 19.9. The molecule has 7 heteroatoms. The molecule has 1 aromatic carbocycles. The Morgan fingerprint density at radius 2 is 2.00 bits per heavy atom. The van der Waals surface area contributed by atoms with Crippen molar-refractivity contribution in [2.75, 3.05) is 12.8 Å². The van der Waals surface area contributed by atoms with E-state index in [2.05, 4.69) is 10.1 Å². The molecule has 0 unspecified atom stereocenters. The van der Waals surface area contributed by atoms with E-state index in [1.54, 1.807) is 30.5 Å². The SMILES string of the molecule is C[S@](=O)c1ccc(C(=O)N2CCC[C@H]2c2noc(C3CC3)n2)cc1. The van der Waals surface area contributed by atoms with E-state index >= 15 is 0 Å². The van der Waals surface area contributed by atoms with Crippen molar-refractivity contribution in [3.05, 3.63) is 41.5 Å². The number of rotatable bonds is 4. The Kier molecular flexibility index (Phi) is 3.96. The molecule has 2 heterocycles. The molecule has 2 fully saturated rings. The number of benzene rings is 1. The third-order valence-electron chi connectivity index (χ3n) is 4.63. The van der Waals surface area contributed by atoms with E-state index < -0.39 is 10.8 Å². The molecule has 1 amide bonds. The summed E-state index contributed by atoms with van der Waals surface area (Å²) in [7, 11) is -1.04. The molecule has 0 N–H and O–H groups in total. The zero-order chi connectivity index (χ0) is 16.7. The third kappa shape index (κ3) is 2.88. The van der Waals surface area contributed by atoms with Gasteiger partial charge in [0, 0.05) is 40.0 Å². The molecule has 2 aromatic rings. The number of hydrogen-bond donors (Lipinski definition) is 0. The van der Waals surface area contributed by atoms with Crippen LogP contribution < -0.4 is 0 Å². The molecule has 1 saturated carbocycles. The number of carbonyl (C=O) groups excluding carboxylic acids is 1.